The van der Waals surface area contributed by atoms with Crippen molar-refractivity contribution in [2.45, 2.75) is 19.9 Å². The van der Waals surface area contributed by atoms with Crippen molar-refractivity contribution >= 4 is 5.91 Å². The molecule has 0 atom stereocenters. The average Bonchev–Trinajstić information content (AvgIpc) is 2.82. The molecule has 100 valence electrons. The number of hydrogen-bond donors (Lipinski definition) is 1. The van der Waals surface area contributed by atoms with Gasteiger partial charge in [-0.15, -0.1) is 0 Å². The van der Waals surface area contributed by atoms with E-state index in [0.29, 0.717) is 18.0 Å². The molecule has 1 amide bonds. The molecule has 1 aromatic heterocycles. The standard InChI is InChI=1S/C14H16N2O3/c1-10-7-12(16-19-10)8-14(17)15-9-11-5-3-4-6-13(11)18-2/h3-7H,8-9H2,1-2H3,(H,15,17). The highest BCUT2D eigenvalue weighted by atomic mass is 16.5. The summed E-state index contributed by atoms with van der Waals surface area (Å²) < 4.78 is 10.1. The summed E-state index contributed by atoms with van der Waals surface area (Å²) in [6, 6.07) is 9.33. The van der Waals surface area contributed by atoms with Crippen LogP contribution in [0.4, 0.5) is 0 Å². The molecule has 2 aromatic rings. The predicted molar refractivity (Wildman–Crippen MR) is 69.8 cm³/mol. The molecule has 0 saturated heterocycles. The summed E-state index contributed by atoms with van der Waals surface area (Å²) in [5.41, 5.74) is 1.57. The van der Waals surface area contributed by atoms with E-state index in [1.54, 1.807) is 20.1 Å². The SMILES string of the molecule is COc1ccccc1CNC(=O)Cc1cc(C)on1. The maximum absolute atomic E-state index is 11.8. The van der Waals surface area contributed by atoms with Crippen molar-refractivity contribution in [2.75, 3.05) is 7.11 Å². The monoisotopic (exact) mass is 260 g/mol. The molecule has 0 bridgehead atoms. The Morgan fingerprint density at radius 2 is 2.21 bits per heavy atom. The summed E-state index contributed by atoms with van der Waals surface area (Å²) in [6.07, 6.45) is 0.215. The first-order chi connectivity index (χ1) is 9.19. The van der Waals surface area contributed by atoms with Gasteiger partial charge in [-0.05, 0) is 13.0 Å². The Balaban J connectivity index is 1.89. The van der Waals surface area contributed by atoms with Gasteiger partial charge in [0.25, 0.3) is 0 Å². The number of hydrogen-bond acceptors (Lipinski definition) is 4. The normalized spacial score (nSPS) is 10.2. The van der Waals surface area contributed by atoms with Crippen LogP contribution in [0.25, 0.3) is 0 Å². The van der Waals surface area contributed by atoms with Gasteiger partial charge in [0.05, 0.1) is 19.2 Å². The molecular weight excluding hydrogens is 244 g/mol. The number of para-hydroxylation sites is 1. The summed E-state index contributed by atoms with van der Waals surface area (Å²) in [7, 11) is 1.61. The van der Waals surface area contributed by atoms with Crippen molar-refractivity contribution in [1.82, 2.24) is 10.5 Å². The highest BCUT2D eigenvalue weighted by Crippen LogP contribution is 2.16. The quantitative estimate of drug-likeness (QED) is 0.891. The Hall–Kier alpha value is -2.30. The molecular formula is C14H16N2O3. The number of nitrogens with zero attached hydrogens (tertiary/aromatic N) is 1. The number of aryl methyl sites for hydroxylation is 1. The van der Waals surface area contributed by atoms with Gasteiger partial charge in [-0.2, -0.15) is 0 Å². The molecule has 1 heterocycles. The lowest BCUT2D eigenvalue weighted by atomic mass is 10.2. The van der Waals surface area contributed by atoms with Crippen LogP contribution in [0.3, 0.4) is 0 Å². The second-order valence-electron chi connectivity index (χ2n) is 4.19. The fourth-order valence-electron chi connectivity index (χ4n) is 1.77. The van der Waals surface area contributed by atoms with E-state index < -0.39 is 0 Å². The minimum absolute atomic E-state index is 0.0980. The second-order valence-corrected chi connectivity index (χ2v) is 4.19. The zero-order chi connectivity index (χ0) is 13.7. The maximum Gasteiger partial charge on any atom is 0.226 e. The van der Waals surface area contributed by atoms with Crippen molar-refractivity contribution in [3.05, 3.63) is 47.3 Å². The van der Waals surface area contributed by atoms with Crippen LogP contribution in [0.15, 0.2) is 34.9 Å². The minimum atomic E-state index is -0.0980. The Morgan fingerprint density at radius 3 is 2.89 bits per heavy atom. The molecule has 0 aliphatic carbocycles. The lowest BCUT2D eigenvalue weighted by molar-refractivity contribution is -0.120. The van der Waals surface area contributed by atoms with Crippen molar-refractivity contribution in [2.24, 2.45) is 0 Å². The number of methoxy groups -OCH3 is 1. The molecule has 0 aliphatic rings. The molecule has 1 N–H and O–H groups in total. The summed E-state index contributed by atoms with van der Waals surface area (Å²) in [5.74, 6) is 1.37. The predicted octanol–water partition coefficient (Wildman–Crippen LogP) is 1.85. The molecule has 19 heavy (non-hydrogen) atoms. The van der Waals surface area contributed by atoms with Gasteiger partial charge in [0.15, 0.2) is 0 Å². The molecule has 0 radical (unpaired) electrons. The van der Waals surface area contributed by atoms with Crippen LogP contribution in [0.5, 0.6) is 5.75 Å². The van der Waals surface area contributed by atoms with Gasteiger partial charge in [-0.1, -0.05) is 23.4 Å². The van der Waals surface area contributed by atoms with Gasteiger partial charge in [-0.25, -0.2) is 0 Å². The van der Waals surface area contributed by atoms with E-state index in [0.717, 1.165) is 11.3 Å². The van der Waals surface area contributed by atoms with E-state index >= 15 is 0 Å². The number of ether oxygens (including phenoxy) is 1. The number of nitrogens with one attached hydrogen (secondary N) is 1. The first-order valence-electron chi connectivity index (χ1n) is 6.00. The van der Waals surface area contributed by atoms with E-state index in [-0.39, 0.29) is 12.3 Å². The zero-order valence-electron chi connectivity index (χ0n) is 11.0. The summed E-state index contributed by atoms with van der Waals surface area (Å²) in [4.78, 5) is 11.8. The first kappa shape index (κ1) is 13.1. The maximum atomic E-state index is 11.8. The summed E-state index contributed by atoms with van der Waals surface area (Å²) in [5, 5.41) is 6.61. The third kappa shape index (κ3) is 3.58. The summed E-state index contributed by atoms with van der Waals surface area (Å²) in [6.45, 7) is 2.23. The van der Waals surface area contributed by atoms with Crippen LogP contribution >= 0.6 is 0 Å². The Morgan fingerprint density at radius 1 is 1.42 bits per heavy atom. The number of aromatic nitrogens is 1. The lowest BCUT2D eigenvalue weighted by Gasteiger charge is -2.08. The largest absolute Gasteiger partial charge is 0.496 e. The molecule has 5 heteroatoms. The highest BCUT2D eigenvalue weighted by Gasteiger charge is 2.08. The van der Waals surface area contributed by atoms with E-state index in [2.05, 4.69) is 10.5 Å². The van der Waals surface area contributed by atoms with Crippen molar-refractivity contribution < 1.29 is 14.1 Å². The molecule has 1 aromatic carbocycles. The molecule has 5 nitrogen and oxygen atoms in total. The fraction of sp³-hybridized carbons (Fsp3) is 0.286. The van der Waals surface area contributed by atoms with Crippen molar-refractivity contribution in [3.63, 3.8) is 0 Å². The second kappa shape index (κ2) is 6.04. The van der Waals surface area contributed by atoms with E-state index in [1.807, 2.05) is 24.3 Å². The number of rotatable bonds is 5. The minimum Gasteiger partial charge on any atom is -0.496 e. The van der Waals surface area contributed by atoms with Gasteiger partial charge in [0.2, 0.25) is 5.91 Å². The third-order valence-corrected chi connectivity index (χ3v) is 2.69. The van der Waals surface area contributed by atoms with Crippen LogP contribution in [0, 0.1) is 6.92 Å². The zero-order valence-corrected chi connectivity index (χ0v) is 11.0. The Bertz CT molecular complexity index is 563. The summed E-state index contributed by atoms with van der Waals surface area (Å²) >= 11 is 0. The first-order valence-corrected chi connectivity index (χ1v) is 6.00. The Kier molecular flexibility index (Phi) is 4.18. The molecule has 0 spiro atoms. The van der Waals surface area contributed by atoms with E-state index in [9.17, 15) is 4.79 Å². The molecule has 0 unspecified atom stereocenters. The smallest absolute Gasteiger partial charge is 0.226 e. The van der Waals surface area contributed by atoms with Crippen LogP contribution in [-0.4, -0.2) is 18.2 Å². The van der Waals surface area contributed by atoms with Gasteiger partial charge in [0.1, 0.15) is 11.5 Å². The van der Waals surface area contributed by atoms with E-state index in [1.165, 1.54) is 0 Å². The molecule has 0 saturated carbocycles. The number of amides is 1. The van der Waals surface area contributed by atoms with Gasteiger partial charge < -0.3 is 14.6 Å². The van der Waals surface area contributed by atoms with Gasteiger partial charge in [0, 0.05) is 18.2 Å². The number of carbonyl (C=O) groups excluding carboxylic acids is 1. The Labute approximate surface area is 111 Å². The van der Waals surface area contributed by atoms with Crippen LogP contribution in [-0.2, 0) is 17.8 Å². The molecule has 0 fully saturated rings. The molecule has 0 aliphatic heterocycles. The van der Waals surface area contributed by atoms with Crippen molar-refractivity contribution in [3.8, 4) is 5.75 Å². The van der Waals surface area contributed by atoms with Crippen LogP contribution in [0.2, 0.25) is 0 Å². The fourth-order valence-corrected chi connectivity index (χ4v) is 1.77. The number of benzene rings is 1. The highest BCUT2D eigenvalue weighted by molar-refractivity contribution is 5.78. The van der Waals surface area contributed by atoms with Crippen LogP contribution in [0.1, 0.15) is 17.0 Å². The van der Waals surface area contributed by atoms with Crippen molar-refractivity contribution in [1.29, 1.82) is 0 Å². The lowest BCUT2D eigenvalue weighted by Crippen LogP contribution is -2.24. The van der Waals surface area contributed by atoms with Gasteiger partial charge in [-0.3, -0.25) is 4.79 Å². The van der Waals surface area contributed by atoms with Gasteiger partial charge >= 0.3 is 0 Å². The van der Waals surface area contributed by atoms with Crippen LogP contribution < -0.4 is 10.1 Å². The molecule has 2 rings (SSSR count). The average molecular weight is 260 g/mol. The van der Waals surface area contributed by atoms with E-state index in [4.69, 9.17) is 9.26 Å². The number of carbonyl (C=O) groups is 1. The topological polar surface area (TPSA) is 64.4 Å². The third-order valence-electron chi connectivity index (χ3n) is 2.69.